The van der Waals surface area contributed by atoms with Crippen LogP contribution in [0.3, 0.4) is 0 Å². The van der Waals surface area contributed by atoms with Crippen molar-refractivity contribution in [3.63, 3.8) is 0 Å². The van der Waals surface area contributed by atoms with Crippen LogP contribution in [0.1, 0.15) is 42.9 Å². The van der Waals surface area contributed by atoms with E-state index in [1.54, 1.807) is 0 Å². The summed E-state index contributed by atoms with van der Waals surface area (Å²) in [5.41, 5.74) is 6.12. The fourth-order valence-corrected chi connectivity index (χ4v) is 3.60. The summed E-state index contributed by atoms with van der Waals surface area (Å²) >= 11 is 0. The first-order chi connectivity index (χ1) is 11.2. The topological polar surface area (TPSA) is 56.1 Å². The number of carbonyl (C=O) groups is 1. The Morgan fingerprint density at radius 1 is 1.30 bits per heavy atom. The van der Waals surface area contributed by atoms with Gasteiger partial charge in [0.05, 0.1) is 12.5 Å². The molecule has 2 aliphatic rings. The molecular weight excluding hydrogens is 286 g/mol. The maximum atomic E-state index is 12.0. The zero-order valence-corrected chi connectivity index (χ0v) is 13.7. The molecule has 0 atom stereocenters. The Morgan fingerprint density at radius 2 is 1.96 bits per heavy atom. The standard InChI is InChI=1S/C19H23N3O/c1-14(19(23)21-8-4-7-20)11-15-12-16-5-2-9-22-10-3-6-17(13-15)18(16)22/h11-13H,2-6,8-10H2,1H3,(H,21,23)/b14-11-. The van der Waals surface area contributed by atoms with Gasteiger partial charge < -0.3 is 10.2 Å². The molecule has 23 heavy (non-hydrogen) atoms. The van der Waals surface area contributed by atoms with E-state index in [-0.39, 0.29) is 5.91 Å². The lowest BCUT2D eigenvalue weighted by Gasteiger charge is -2.37. The van der Waals surface area contributed by atoms with Crippen molar-refractivity contribution in [1.82, 2.24) is 5.32 Å². The van der Waals surface area contributed by atoms with E-state index in [1.807, 2.05) is 19.1 Å². The Kier molecular flexibility index (Phi) is 4.66. The van der Waals surface area contributed by atoms with Gasteiger partial charge in [-0.2, -0.15) is 5.26 Å². The maximum Gasteiger partial charge on any atom is 0.246 e. The number of nitriles is 1. The van der Waals surface area contributed by atoms with Crippen molar-refractivity contribution < 1.29 is 4.79 Å². The summed E-state index contributed by atoms with van der Waals surface area (Å²) in [6, 6.07) is 6.51. The summed E-state index contributed by atoms with van der Waals surface area (Å²) in [6.07, 6.45) is 7.01. The highest BCUT2D eigenvalue weighted by Gasteiger charge is 2.23. The number of amides is 1. The molecule has 0 saturated heterocycles. The van der Waals surface area contributed by atoms with Crippen molar-refractivity contribution in [2.24, 2.45) is 0 Å². The number of aryl methyl sites for hydroxylation is 2. The Morgan fingerprint density at radius 3 is 2.57 bits per heavy atom. The lowest BCUT2D eigenvalue weighted by molar-refractivity contribution is -0.117. The summed E-state index contributed by atoms with van der Waals surface area (Å²) < 4.78 is 0. The van der Waals surface area contributed by atoms with Crippen LogP contribution in [0.2, 0.25) is 0 Å². The molecular formula is C19H23N3O. The van der Waals surface area contributed by atoms with Gasteiger partial charge in [-0.1, -0.05) is 0 Å². The van der Waals surface area contributed by atoms with E-state index in [9.17, 15) is 4.79 Å². The van der Waals surface area contributed by atoms with Crippen molar-refractivity contribution in [2.45, 2.75) is 39.0 Å². The van der Waals surface area contributed by atoms with Gasteiger partial charge in [-0.3, -0.25) is 4.79 Å². The van der Waals surface area contributed by atoms with E-state index in [0.29, 0.717) is 18.5 Å². The molecule has 1 aromatic carbocycles. The highest BCUT2D eigenvalue weighted by Crippen LogP contribution is 2.36. The van der Waals surface area contributed by atoms with Gasteiger partial charge in [-0.15, -0.1) is 0 Å². The van der Waals surface area contributed by atoms with E-state index in [0.717, 1.165) is 18.4 Å². The maximum absolute atomic E-state index is 12.0. The monoisotopic (exact) mass is 309 g/mol. The van der Waals surface area contributed by atoms with Crippen LogP contribution in [0.5, 0.6) is 0 Å². The first-order valence-corrected chi connectivity index (χ1v) is 8.43. The van der Waals surface area contributed by atoms with E-state index in [4.69, 9.17) is 5.26 Å². The second-order valence-corrected chi connectivity index (χ2v) is 6.37. The van der Waals surface area contributed by atoms with Gasteiger partial charge in [0.25, 0.3) is 0 Å². The second-order valence-electron chi connectivity index (χ2n) is 6.37. The van der Waals surface area contributed by atoms with E-state index in [2.05, 4.69) is 22.3 Å². The Hall–Kier alpha value is -2.28. The molecule has 2 heterocycles. The zero-order valence-electron chi connectivity index (χ0n) is 13.7. The van der Waals surface area contributed by atoms with Gasteiger partial charge >= 0.3 is 0 Å². The molecule has 1 aromatic rings. The molecule has 1 N–H and O–H groups in total. The van der Waals surface area contributed by atoms with Crippen molar-refractivity contribution in [3.05, 3.63) is 34.4 Å². The molecule has 0 spiro atoms. The number of rotatable bonds is 4. The lowest BCUT2D eigenvalue weighted by atomic mass is 9.89. The van der Waals surface area contributed by atoms with Crippen molar-refractivity contribution in [2.75, 3.05) is 24.5 Å². The minimum absolute atomic E-state index is 0.0896. The van der Waals surface area contributed by atoms with Gasteiger partial charge in [0.15, 0.2) is 0 Å². The zero-order chi connectivity index (χ0) is 16.2. The third-order valence-electron chi connectivity index (χ3n) is 4.62. The van der Waals surface area contributed by atoms with Crippen LogP contribution in [0.4, 0.5) is 5.69 Å². The lowest BCUT2D eigenvalue weighted by Crippen LogP contribution is -2.34. The first-order valence-electron chi connectivity index (χ1n) is 8.43. The molecule has 4 nitrogen and oxygen atoms in total. The van der Waals surface area contributed by atoms with Crippen molar-refractivity contribution in [1.29, 1.82) is 5.26 Å². The number of carbonyl (C=O) groups excluding carboxylic acids is 1. The van der Waals surface area contributed by atoms with Gasteiger partial charge in [-0.05, 0) is 67.5 Å². The Labute approximate surface area is 137 Å². The van der Waals surface area contributed by atoms with Crippen LogP contribution in [0.25, 0.3) is 6.08 Å². The van der Waals surface area contributed by atoms with E-state index in [1.165, 1.54) is 42.7 Å². The van der Waals surface area contributed by atoms with Gasteiger partial charge in [0.1, 0.15) is 0 Å². The minimum atomic E-state index is -0.0896. The molecule has 0 aromatic heterocycles. The van der Waals surface area contributed by atoms with Crippen molar-refractivity contribution >= 4 is 17.7 Å². The van der Waals surface area contributed by atoms with Gasteiger partial charge in [-0.25, -0.2) is 0 Å². The molecule has 0 saturated carbocycles. The van der Waals surface area contributed by atoms with Crippen LogP contribution in [0, 0.1) is 11.3 Å². The van der Waals surface area contributed by atoms with Crippen LogP contribution in [-0.2, 0) is 17.6 Å². The average molecular weight is 309 g/mol. The molecule has 1 amide bonds. The Balaban J connectivity index is 1.82. The largest absolute Gasteiger partial charge is 0.371 e. The molecule has 120 valence electrons. The van der Waals surface area contributed by atoms with Crippen molar-refractivity contribution in [3.8, 4) is 6.07 Å². The summed E-state index contributed by atoms with van der Waals surface area (Å²) in [4.78, 5) is 14.6. The number of hydrogen-bond donors (Lipinski definition) is 1. The summed E-state index contributed by atoms with van der Waals surface area (Å²) in [5.74, 6) is -0.0896. The SMILES string of the molecule is C/C(=C/c1cc2c3c(c1)CCCN3CCC2)C(=O)NCCC#N. The fraction of sp³-hybridized carbons (Fsp3) is 0.474. The minimum Gasteiger partial charge on any atom is -0.371 e. The second kappa shape index (κ2) is 6.87. The van der Waals surface area contributed by atoms with Crippen LogP contribution in [0.15, 0.2) is 17.7 Å². The number of nitrogens with zero attached hydrogens (tertiary/aromatic N) is 2. The highest BCUT2D eigenvalue weighted by atomic mass is 16.1. The molecule has 0 fully saturated rings. The van der Waals surface area contributed by atoms with Crippen LogP contribution < -0.4 is 10.2 Å². The number of benzene rings is 1. The Bertz CT molecular complexity index is 653. The molecule has 2 aliphatic heterocycles. The number of anilines is 1. The highest BCUT2D eigenvalue weighted by molar-refractivity contribution is 5.97. The van der Waals surface area contributed by atoms with Crippen LogP contribution in [-0.4, -0.2) is 25.5 Å². The van der Waals surface area contributed by atoms with Gasteiger partial charge in [0, 0.05) is 30.9 Å². The third-order valence-corrected chi connectivity index (χ3v) is 4.62. The molecule has 0 bridgehead atoms. The average Bonchev–Trinajstić information content (AvgIpc) is 2.55. The van der Waals surface area contributed by atoms with E-state index >= 15 is 0 Å². The normalized spacial score (nSPS) is 16.5. The van der Waals surface area contributed by atoms with Crippen LogP contribution >= 0.6 is 0 Å². The quantitative estimate of drug-likeness (QED) is 0.687. The predicted molar refractivity (Wildman–Crippen MR) is 92.2 cm³/mol. The molecule has 0 radical (unpaired) electrons. The van der Waals surface area contributed by atoms with E-state index < -0.39 is 0 Å². The number of hydrogen-bond acceptors (Lipinski definition) is 3. The smallest absolute Gasteiger partial charge is 0.246 e. The molecule has 0 unspecified atom stereocenters. The summed E-state index contributed by atoms with van der Waals surface area (Å²) in [6.45, 7) is 4.59. The number of nitrogens with one attached hydrogen (secondary N) is 1. The predicted octanol–water partition coefficient (Wildman–Crippen LogP) is 2.82. The third kappa shape index (κ3) is 3.39. The summed E-state index contributed by atoms with van der Waals surface area (Å²) in [7, 11) is 0. The molecule has 4 heteroatoms. The molecule has 3 rings (SSSR count). The summed E-state index contributed by atoms with van der Waals surface area (Å²) in [5, 5.41) is 11.3. The first kappa shape index (κ1) is 15.6. The fourth-order valence-electron chi connectivity index (χ4n) is 3.60. The van der Waals surface area contributed by atoms with Gasteiger partial charge in [0.2, 0.25) is 5.91 Å². The molecule has 0 aliphatic carbocycles.